The predicted molar refractivity (Wildman–Crippen MR) is 76.7 cm³/mol. The van der Waals surface area contributed by atoms with Gasteiger partial charge in [-0.1, -0.05) is 45.0 Å². The van der Waals surface area contributed by atoms with Crippen LogP contribution in [0.3, 0.4) is 0 Å². The van der Waals surface area contributed by atoms with Gasteiger partial charge in [0.05, 0.1) is 6.10 Å². The molecule has 0 radical (unpaired) electrons. The summed E-state index contributed by atoms with van der Waals surface area (Å²) in [5.74, 6) is 1.91. The molecule has 0 aromatic heterocycles. The van der Waals surface area contributed by atoms with Gasteiger partial charge in [-0.15, -0.1) is 0 Å². The Labute approximate surface area is 111 Å². The predicted octanol–water partition coefficient (Wildman–Crippen LogP) is 4.14. The minimum Gasteiger partial charge on any atom is -0.392 e. The molecule has 1 N–H and O–H groups in total. The summed E-state index contributed by atoms with van der Waals surface area (Å²) in [4.78, 5) is 0. The number of hydrogen-bond donors (Lipinski definition) is 1. The van der Waals surface area contributed by atoms with Crippen LogP contribution in [-0.4, -0.2) is 11.2 Å². The summed E-state index contributed by atoms with van der Waals surface area (Å²) in [5.41, 5.74) is 2.67. The van der Waals surface area contributed by atoms with Gasteiger partial charge in [0.1, 0.15) is 0 Å². The molecular weight excluding hydrogens is 220 g/mol. The minimum absolute atomic E-state index is 0.185. The van der Waals surface area contributed by atoms with E-state index in [9.17, 15) is 5.11 Å². The molecule has 1 heteroatoms. The van der Waals surface area contributed by atoms with E-state index < -0.39 is 0 Å². The van der Waals surface area contributed by atoms with Gasteiger partial charge in [0.2, 0.25) is 0 Å². The van der Waals surface area contributed by atoms with Crippen molar-refractivity contribution in [3.8, 4) is 0 Å². The van der Waals surface area contributed by atoms with E-state index >= 15 is 0 Å². The first-order valence-electron chi connectivity index (χ1n) is 7.26. The Morgan fingerprint density at radius 3 is 2.44 bits per heavy atom. The van der Waals surface area contributed by atoms with Crippen LogP contribution in [0.25, 0.3) is 0 Å². The quantitative estimate of drug-likeness (QED) is 0.831. The monoisotopic (exact) mass is 246 g/mol. The molecule has 1 fully saturated rings. The standard InChI is InChI=1S/C17H26O/c1-11(2)14-10-9-13(4)16(17(14)18)15-8-6-5-7-12(15)3/h5-8,11,13-14,16-18H,9-10H2,1-4H3. The van der Waals surface area contributed by atoms with E-state index in [-0.39, 0.29) is 6.10 Å². The molecule has 0 aliphatic heterocycles. The van der Waals surface area contributed by atoms with Gasteiger partial charge in [-0.25, -0.2) is 0 Å². The highest BCUT2D eigenvalue weighted by Gasteiger charge is 2.38. The molecule has 1 aliphatic carbocycles. The first-order valence-corrected chi connectivity index (χ1v) is 7.26. The van der Waals surface area contributed by atoms with Crippen molar-refractivity contribution >= 4 is 0 Å². The van der Waals surface area contributed by atoms with Crippen LogP contribution in [0.2, 0.25) is 0 Å². The fraction of sp³-hybridized carbons (Fsp3) is 0.647. The van der Waals surface area contributed by atoms with E-state index in [1.807, 2.05) is 0 Å². The molecule has 100 valence electrons. The fourth-order valence-electron chi connectivity index (χ4n) is 3.59. The number of aliphatic hydroxyl groups is 1. The van der Waals surface area contributed by atoms with E-state index in [4.69, 9.17) is 0 Å². The van der Waals surface area contributed by atoms with Gasteiger partial charge in [-0.05, 0) is 48.6 Å². The fourth-order valence-corrected chi connectivity index (χ4v) is 3.59. The summed E-state index contributed by atoms with van der Waals surface area (Å²) in [6.07, 6.45) is 2.22. The van der Waals surface area contributed by atoms with Crippen LogP contribution >= 0.6 is 0 Å². The molecule has 0 spiro atoms. The highest BCUT2D eigenvalue weighted by atomic mass is 16.3. The first-order chi connectivity index (χ1) is 8.52. The third-order valence-electron chi connectivity index (χ3n) is 4.78. The molecule has 0 amide bonds. The van der Waals surface area contributed by atoms with Crippen molar-refractivity contribution < 1.29 is 5.11 Å². The highest BCUT2D eigenvalue weighted by molar-refractivity contribution is 5.31. The zero-order valence-electron chi connectivity index (χ0n) is 12.1. The highest BCUT2D eigenvalue weighted by Crippen LogP contribution is 2.43. The maximum absolute atomic E-state index is 10.7. The molecule has 1 nitrogen and oxygen atoms in total. The molecule has 1 aromatic carbocycles. The third kappa shape index (κ3) is 2.47. The van der Waals surface area contributed by atoms with Gasteiger partial charge in [-0.2, -0.15) is 0 Å². The number of hydrogen-bond acceptors (Lipinski definition) is 1. The Kier molecular flexibility index (Phi) is 4.11. The lowest BCUT2D eigenvalue weighted by Crippen LogP contribution is -2.39. The average Bonchev–Trinajstić information content (AvgIpc) is 2.31. The second-order valence-electron chi connectivity index (χ2n) is 6.34. The number of benzene rings is 1. The molecule has 2 rings (SSSR count). The van der Waals surface area contributed by atoms with E-state index in [1.165, 1.54) is 24.0 Å². The van der Waals surface area contributed by atoms with E-state index in [0.29, 0.717) is 23.7 Å². The molecule has 4 atom stereocenters. The van der Waals surface area contributed by atoms with Crippen molar-refractivity contribution in [3.63, 3.8) is 0 Å². The van der Waals surface area contributed by atoms with E-state index in [1.54, 1.807) is 0 Å². The number of aliphatic hydroxyl groups excluding tert-OH is 1. The van der Waals surface area contributed by atoms with Gasteiger partial charge in [0.15, 0.2) is 0 Å². The van der Waals surface area contributed by atoms with Crippen molar-refractivity contribution in [1.29, 1.82) is 0 Å². The number of rotatable bonds is 2. The van der Waals surface area contributed by atoms with Gasteiger partial charge in [-0.3, -0.25) is 0 Å². The average molecular weight is 246 g/mol. The van der Waals surface area contributed by atoms with E-state index in [2.05, 4.69) is 52.0 Å². The molecule has 1 aromatic rings. The largest absolute Gasteiger partial charge is 0.392 e. The van der Waals surface area contributed by atoms with Crippen LogP contribution in [0.1, 0.15) is 50.7 Å². The van der Waals surface area contributed by atoms with Crippen molar-refractivity contribution in [1.82, 2.24) is 0 Å². The Morgan fingerprint density at radius 2 is 1.83 bits per heavy atom. The molecule has 0 heterocycles. The maximum atomic E-state index is 10.7. The van der Waals surface area contributed by atoms with Crippen LogP contribution in [-0.2, 0) is 0 Å². The Bertz CT molecular complexity index is 396. The molecule has 0 saturated heterocycles. The topological polar surface area (TPSA) is 20.2 Å². The maximum Gasteiger partial charge on any atom is 0.0641 e. The lowest BCUT2D eigenvalue weighted by molar-refractivity contribution is 0.00475. The molecular formula is C17H26O. The molecule has 4 unspecified atom stereocenters. The third-order valence-corrected chi connectivity index (χ3v) is 4.78. The van der Waals surface area contributed by atoms with Crippen LogP contribution in [0.5, 0.6) is 0 Å². The van der Waals surface area contributed by atoms with Crippen LogP contribution < -0.4 is 0 Å². The summed E-state index contributed by atoms with van der Waals surface area (Å²) in [6, 6.07) is 8.54. The summed E-state index contributed by atoms with van der Waals surface area (Å²) in [7, 11) is 0. The van der Waals surface area contributed by atoms with Crippen molar-refractivity contribution in [2.75, 3.05) is 0 Å². The smallest absolute Gasteiger partial charge is 0.0641 e. The Balaban J connectivity index is 2.32. The molecule has 1 aliphatic rings. The Hall–Kier alpha value is -0.820. The second kappa shape index (κ2) is 5.44. The van der Waals surface area contributed by atoms with Gasteiger partial charge >= 0.3 is 0 Å². The summed E-state index contributed by atoms with van der Waals surface area (Å²) < 4.78 is 0. The summed E-state index contributed by atoms with van der Waals surface area (Å²) in [5, 5.41) is 10.7. The van der Waals surface area contributed by atoms with Gasteiger partial charge in [0.25, 0.3) is 0 Å². The van der Waals surface area contributed by atoms with Crippen molar-refractivity contribution in [3.05, 3.63) is 35.4 Å². The van der Waals surface area contributed by atoms with Gasteiger partial charge < -0.3 is 5.11 Å². The summed E-state index contributed by atoms with van der Waals surface area (Å²) in [6.45, 7) is 8.92. The van der Waals surface area contributed by atoms with Crippen LogP contribution in [0.15, 0.2) is 24.3 Å². The first kappa shape index (κ1) is 13.6. The zero-order chi connectivity index (χ0) is 13.3. The van der Waals surface area contributed by atoms with Crippen LogP contribution in [0.4, 0.5) is 0 Å². The second-order valence-corrected chi connectivity index (χ2v) is 6.34. The minimum atomic E-state index is -0.185. The van der Waals surface area contributed by atoms with E-state index in [0.717, 1.165) is 0 Å². The summed E-state index contributed by atoms with van der Waals surface area (Å²) >= 11 is 0. The molecule has 1 saturated carbocycles. The SMILES string of the molecule is Cc1ccccc1C1C(C)CCC(C(C)C)C1O. The molecule has 18 heavy (non-hydrogen) atoms. The normalized spacial score (nSPS) is 32.8. The lowest BCUT2D eigenvalue weighted by Gasteiger charge is -2.41. The van der Waals surface area contributed by atoms with Gasteiger partial charge in [0, 0.05) is 5.92 Å². The van der Waals surface area contributed by atoms with Crippen LogP contribution in [0, 0.1) is 24.7 Å². The Morgan fingerprint density at radius 1 is 1.17 bits per heavy atom. The zero-order valence-corrected chi connectivity index (χ0v) is 12.1. The molecule has 0 bridgehead atoms. The van der Waals surface area contributed by atoms with Crippen molar-refractivity contribution in [2.45, 2.75) is 52.6 Å². The lowest BCUT2D eigenvalue weighted by atomic mass is 9.66. The van der Waals surface area contributed by atoms with Crippen molar-refractivity contribution in [2.24, 2.45) is 17.8 Å². The number of aryl methyl sites for hydroxylation is 1.